The van der Waals surface area contributed by atoms with Crippen LogP contribution in [-0.2, 0) is 0 Å². The van der Waals surface area contributed by atoms with E-state index in [1.165, 1.54) is 11.1 Å². The van der Waals surface area contributed by atoms with Gasteiger partial charge < -0.3 is 13.7 Å². The summed E-state index contributed by atoms with van der Waals surface area (Å²) in [5, 5.41) is 4.43. The van der Waals surface area contributed by atoms with E-state index < -0.39 is 0 Å². The first kappa shape index (κ1) is 25.4. The van der Waals surface area contributed by atoms with E-state index in [0.29, 0.717) is 0 Å². The van der Waals surface area contributed by atoms with E-state index in [-0.39, 0.29) is 0 Å². The van der Waals surface area contributed by atoms with Crippen LogP contribution in [0.1, 0.15) is 0 Å². The highest BCUT2D eigenvalue weighted by molar-refractivity contribution is 6.09. The molecular weight excluding hydrogens is 550 g/mol. The Morgan fingerprint density at radius 2 is 0.733 bits per heavy atom. The minimum atomic E-state index is 0.870. The lowest BCUT2D eigenvalue weighted by Gasteiger charge is -2.25. The van der Waals surface area contributed by atoms with Crippen molar-refractivity contribution in [3.8, 4) is 22.3 Å². The van der Waals surface area contributed by atoms with Gasteiger partial charge in [-0.2, -0.15) is 0 Å². The van der Waals surface area contributed by atoms with Gasteiger partial charge in [-0.1, -0.05) is 91.0 Å². The molecule has 0 aliphatic heterocycles. The van der Waals surface area contributed by atoms with E-state index in [2.05, 4.69) is 150 Å². The van der Waals surface area contributed by atoms with Crippen molar-refractivity contribution in [1.29, 1.82) is 0 Å². The van der Waals surface area contributed by atoms with Crippen LogP contribution >= 0.6 is 0 Å². The van der Waals surface area contributed by atoms with Crippen molar-refractivity contribution in [1.82, 2.24) is 0 Å². The van der Waals surface area contributed by atoms with Crippen molar-refractivity contribution in [3.05, 3.63) is 164 Å². The standard InChI is InChI=1S/C42H27NO2/c1-3-9-28(10-4-1)29-15-19-33(20-16-29)43(32-11-5-2-6-12-32)34-21-24-42-38(27-34)37-26-31(18-23-41(37)45-42)30-17-22-40-36(25-30)35-13-7-8-14-39(35)44-40/h1-27H. The molecule has 0 aliphatic rings. The summed E-state index contributed by atoms with van der Waals surface area (Å²) in [4.78, 5) is 2.30. The number of hydrogen-bond acceptors (Lipinski definition) is 3. The van der Waals surface area contributed by atoms with Crippen molar-refractivity contribution >= 4 is 60.9 Å². The molecule has 3 heteroatoms. The molecule has 45 heavy (non-hydrogen) atoms. The second kappa shape index (κ2) is 10.3. The third-order valence-corrected chi connectivity index (χ3v) is 8.67. The summed E-state index contributed by atoms with van der Waals surface area (Å²) in [5.41, 5.74) is 11.5. The largest absolute Gasteiger partial charge is 0.456 e. The van der Waals surface area contributed by atoms with Gasteiger partial charge in [0.15, 0.2) is 0 Å². The highest BCUT2D eigenvalue weighted by Gasteiger charge is 2.16. The molecule has 0 N–H and O–H groups in total. The molecule has 0 atom stereocenters. The van der Waals surface area contributed by atoms with Crippen LogP contribution in [0.4, 0.5) is 17.1 Å². The van der Waals surface area contributed by atoms with Gasteiger partial charge in [0.2, 0.25) is 0 Å². The molecule has 0 bridgehead atoms. The van der Waals surface area contributed by atoms with Crippen LogP contribution in [0, 0.1) is 0 Å². The lowest BCUT2D eigenvalue weighted by Crippen LogP contribution is -2.09. The number of furan rings is 2. The fraction of sp³-hybridized carbons (Fsp3) is 0. The highest BCUT2D eigenvalue weighted by Crippen LogP contribution is 2.40. The van der Waals surface area contributed by atoms with E-state index in [1.807, 2.05) is 18.2 Å². The molecule has 2 aromatic heterocycles. The summed E-state index contributed by atoms with van der Waals surface area (Å²) in [6, 6.07) is 57.4. The van der Waals surface area contributed by atoms with Gasteiger partial charge >= 0.3 is 0 Å². The molecule has 9 rings (SSSR count). The predicted octanol–water partition coefficient (Wildman–Crippen LogP) is 12.3. The zero-order chi connectivity index (χ0) is 29.7. The molecule has 2 heterocycles. The Bertz CT molecular complexity index is 2470. The van der Waals surface area contributed by atoms with Crippen LogP contribution in [0.2, 0.25) is 0 Å². The van der Waals surface area contributed by atoms with Crippen LogP contribution in [0.15, 0.2) is 173 Å². The van der Waals surface area contributed by atoms with E-state index in [1.54, 1.807) is 0 Å². The molecule has 0 spiro atoms. The molecule has 0 saturated carbocycles. The molecule has 0 saturated heterocycles. The monoisotopic (exact) mass is 577 g/mol. The van der Waals surface area contributed by atoms with Gasteiger partial charge in [0.1, 0.15) is 22.3 Å². The Balaban J connectivity index is 1.16. The third-order valence-electron chi connectivity index (χ3n) is 8.67. The zero-order valence-corrected chi connectivity index (χ0v) is 24.4. The molecule has 0 fully saturated rings. The fourth-order valence-electron chi connectivity index (χ4n) is 6.45. The summed E-state index contributed by atoms with van der Waals surface area (Å²) < 4.78 is 12.4. The summed E-state index contributed by atoms with van der Waals surface area (Å²) in [7, 11) is 0. The molecule has 7 aromatic carbocycles. The second-order valence-electron chi connectivity index (χ2n) is 11.4. The Kier molecular flexibility index (Phi) is 5.82. The second-order valence-corrected chi connectivity index (χ2v) is 11.4. The van der Waals surface area contributed by atoms with Gasteiger partial charge in [0.05, 0.1) is 0 Å². The lowest BCUT2D eigenvalue weighted by atomic mass is 10.0. The van der Waals surface area contributed by atoms with Crippen molar-refractivity contribution in [2.75, 3.05) is 4.90 Å². The molecule has 212 valence electrons. The molecule has 3 nitrogen and oxygen atoms in total. The van der Waals surface area contributed by atoms with Gasteiger partial charge in [-0.05, 0) is 95.1 Å². The van der Waals surface area contributed by atoms with E-state index in [9.17, 15) is 0 Å². The van der Waals surface area contributed by atoms with Crippen molar-refractivity contribution in [2.24, 2.45) is 0 Å². The first-order chi connectivity index (χ1) is 22.3. The van der Waals surface area contributed by atoms with Crippen LogP contribution in [0.25, 0.3) is 66.1 Å². The smallest absolute Gasteiger partial charge is 0.135 e. The van der Waals surface area contributed by atoms with Crippen molar-refractivity contribution < 1.29 is 8.83 Å². The van der Waals surface area contributed by atoms with E-state index in [0.717, 1.165) is 72.1 Å². The quantitative estimate of drug-likeness (QED) is 0.204. The number of para-hydroxylation sites is 2. The van der Waals surface area contributed by atoms with Crippen LogP contribution < -0.4 is 4.90 Å². The number of hydrogen-bond donors (Lipinski definition) is 0. The summed E-state index contributed by atoms with van der Waals surface area (Å²) >= 11 is 0. The Morgan fingerprint density at radius 1 is 0.289 bits per heavy atom. The normalized spacial score (nSPS) is 11.6. The van der Waals surface area contributed by atoms with Gasteiger partial charge in [-0.15, -0.1) is 0 Å². The van der Waals surface area contributed by atoms with Crippen molar-refractivity contribution in [3.63, 3.8) is 0 Å². The minimum absolute atomic E-state index is 0.870. The van der Waals surface area contributed by atoms with Gasteiger partial charge in [-0.25, -0.2) is 0 Å². The number of rotatable bonds is 5. The molecule has 0 amide bonds. The third kappa shape index (κ3) is 4.37. The van der Waals surface area contributed by atoms with Gasteiger partial charge in [-0.3, -0.25) is 0 Å². The predicted molar refractivity (Wildman–Crippen MR) is 187 cm³/mol. The van der Waals surface area contributed by atoms with E-state index in [4.69, 9.17) is 8.83 Å². The van der Waals surface area contributed by atoms with Crippen molar-refractivity contribution in [2.45, 2.75) is 0 Å². The first-order valence-corrected chi connectivity index (χ1v) is 15.2. The average Bonchev–Trinajstić information content (AvgIpc) is 3.67. The maximum absolute atomic E-state index is 6.34. The summed E-state index contributed by atoms with van der Waals surface area (Å²) in [6.07, 6.45) is 0. The Hall–Kier alpha value is -6.06. The van der Waals surface area contributed by atoms with Crippen LogP contribution in [0.3, 0.4) is 0 Å². The van der Waals surface area contributed by atoms with E-state index >= 15 is 0 Å². The topological polar surface area (TPSA) is 29.5 Å². The van der Waals surface area contributed by atoms with Gasteiger partial charge in [0, 0.05) is 38.6 Å². The Labute approximate surface area is 260 Å². The number of benzene rings is 7. The lowest BCUT2D eigenvalue weighted by molar-refractivity contribution is 0.668. The van der Waals surface area contributed by atoms with Crippen LogP contribution in [-0.4, -0.2) is 0 Å². The van der Waals surface area contributed by atoms with Crippen LogP contribution in [0.5, 0.6) is 0 Å². The number of nitrogens with zero attached hydrogens (tertiary/aromatic N) is 1. The number of fused-ring (bicyclic) bond motifs is 6. The molecule has 9 aromatic rings. The van der Waals surface area contributed by atoms with Gasteiger partial charge in [0.25, 0.3) is 0 Å². The SMILES string of the molecule is c1ccc(-c2ccc(N(c3ccccc3)c3ccc4oc5ccc(-c6ccc7oc8ccccc8c7c6)cc5c4c3)cc2)cc1. The average molecular weight is 578 g/mol. The molecular formula is C42H27NO2. The number of anilines is 3. The highest BCUT2D eigenvalue weighted by atomic mass is 16.3. The summed E-state index contributed by atoms with van der Waals surface area (Å²) in [5.74, 6) is 0. The minimum Gasteiger partial charge on any atom is -0.456 e. The summed E-state index contributed by atoms with van der Waals surface area (Å²) in [6.45, 7) is 0. The fourth-order valence-corrected chi connectivity index (χ4v) is 6.45. The zero-order valence-electron chi connectivity index (χ0n) is 24.4. The Morgan fingerprint density at radius 3 is 1.42 bits per heavy atom. The molecule has 0 radical (unpaired) electrons. The first-order valence-electron chi connectivity index (χ1n) is 15.2. The molecule has 0 unspecified atom stereocenters. The molecule has 0 aliphatic carbocycles. The maximum atomic E-state index is 6.34. The maximum Gasteiger partial charge on any atom is 0.135 e.